The predicted molar refractivity (Wildman–Crippen MR) is 72.0 cm³/mol. The number of benzene rings is 1. The van der Waals surface area contributed by atoms with E-state index in [-0.39, 0.29) is 0 Å². The highest BCUT2D eigenvalue weighted by Gasteiger charge is 2.29. The summed E-state index contributed by atoms with van der Waals surface area (Å²) in [6, 6.07) is 8.41. The van der Waals surface area contributed by atoms with Crippen molar-refractivity contribution in [3.8, 4) is 0 Å². The Morgan fingerprint density at radius 3 is 2.84 bits per heavy atom. The Morgan fingerprint density at radius 1 is 1.37 bits per heavy atom. The molecule has 0 bridgehead atoms. The number of hydrogen-bond donors (Lipinski definition) is 1. The molecule has 0 unspecified atom stereocenters. The lowest BCUT2D eigenvalue weighted by molar-refractivity contribution is 0.0174. The number of rotatable bonds is 7. The van der Waals surface area contributed by atoms with Gasteiger partial charge in [0.25, 0.3) is 6.43 Å². The number of alkyl halides is 2. The molecule has 0 spiro atoms. The molecule has 0 aromatic heterocycles. The zero-order chi connectivity index (χ0) is 13.7. The molecule has 2 nitrogen and oxygen atoms in total. The van der Waals surface area contributed by atoms with Crippen LogP contribution in [0.2, 0.25) is 5.02 Å². The second-order valence-electron chi connectivity index (χ2n) is 4.84. The molecular formula is C14H18ClF2NO. The highest BCUT2D eigenvalue weighted by Crippen LogP contribution is 2.37. The molecule has 0 heterocycles. The van der Waals surface area contributed by atoms with E-state index in [1.54, 1.807) is 0 Å². The molecule has 1 aromatic carbocycles. The van der Waals surface area contributed by atoms with Crippen molar-refractivity contribution in [2.75, 3.05) is 19.8 Å². The third-order valence-electron chi connectivity index (χ3n) is 3.38. The van der Waals surface area contributed by atoms with E-state index in [2.05, 4.69) is 11.4 Å². The molecule has 1 aromatic rings. The fourth-order valence-electron chi connectivity index (χ4n) is 2.32. The van der Waals surface area contributed by atoms with Gasteiger partial charge in [0, 0.05) is 17.6 Å². The first-order chi connectivity index (χ1) is 9.15. The summed E-state index contributed by atoms with van der Waals surface area (Å²) in [5.41, 5.74) is 1.28. The minimum Gasteiger partial charge on any atom is -0.374 e. The lowest BCUT2D eigenvalue weighted by atomic mass is 9.76. The maximum atomic E-state index is 11.8. The van der Waals surface area contributed by atoms with Gasteiger partial charge in [-0.25, -0.2) is 8.78 Å². The Hall–Kier alpha value is -0.710. The Labute approximate surface area is 117 Å². The van der Waals surface area contributed by atoms with Gasteiger partial charge >= 0.3 is 0 Å². The Balaban J connectivity index is 1.59. The van der Waals surface area contributed by atoms with Crippen molar-refractivity contribution < 1.29 is 13.5 Å². The number of nitrogens with one attached hydrogen (secondary N) is 1. The van der Waals surface area contributed by atoms with Crippen molar-refractivity contribution in [3.63, 3.8) is 0 Å². The maximum absolute atomic E-state index is 11.8. The van der Waals surface area contributed by atoms with Crippen LogP contribution in [0.5, 0.6) is 0 Å². The van der Waals surface area contributed by atoms with Crippen molar-refractivity contribution in [1.82, 2.24) is 5.32 Å². The first-order valence-corrected chi connectivity index (χ1v) is 6.87. The third-order valence-corrected chi connectivity index (χ3v) is 3.62. The van der Waals surface area contributed by atoms with Gasteiger partial charge in [-0.3, -0.25) is 0 Å². The minimum atomic E-state index is -2.38. The van der Waals surface area contributed by atoms with Crippen molar-refractivity contribution in [2.45, 2.75) is 31.2 Å². The molecule has 2 rings (SSSR count). The second-order valence-corrected chi connectivity index (χ2v) is 5.28. The number of hydrogen-bond acceptors (Lipinski definition) is 2. The van der Waals surface area contributed by atoms with Crippen LogP contribution < -0.4 is 5.32 Å². The molecule has 0 amide bonds. The van der Waals surface area contributed by atoms with E-state index >= 15 is 0 Å². The van der Waals surface area contributed by atoms with E-state index < -0.39 is 13.0 Å². The van der Waals surface area contributed by atoms with Crippen molar-refractivity contribution in [2.24, 2.45) is 0 Å². The maximum Gasteiger partial charge on any atom is 0.261 e. The first-order valence-electron chi connectivity index (χ1n) is 6.50. The van der Waals surface area contributed by atoms with E-state index in [1.807, 2.05) is 18.2 Å². The average Bonchev–Trinajstić information content (AvgIpc) is 2.30. The van der Waals surface area contributed by atoms with Gasteiger partial charge in [0.1, 0.15) is 6.61 Å². The highest BCUT2D eigenvalue weighted by atomic mass is 35.5. The Bertz CT molecular complexity index is 397. The van der Waals surface area contributed by atoms with Crippen LogP contribution in [0.4, 0.5) is 8.78 Å². The topological polar surface area (TPSA) is 21.3 Å². The minimum absolute atomic E-state index is 0.336. The molecule has 0 radical (unpaired) electrons. The molecule has 1 saturated carbocycles. The second kappa shape index (κ2) is 7.17. The molecule has 1 aliphatic carbocycles. The number of ether oxygens (including phenoxy) is 1. The highest BCUT2D eigenvalue weighted by molar-refractivity contribution is 6.30. The summed E-state index contributed by atoms with van der Waals surface area (Å²) < 4.78 is 28.4. The van der Waals surface area contributed by atoms with Crippen LogP contribution in [0.3, 0.4) is 0 Å². The molecule has 0 aliphatic heterocycles. The molecule has 0 atom stereocenters. The van der Waals surface area contributed by atoms with E-state index in [0.29, 0.717) is 25.1 Å². The predicted octanol–water partition coefficient (Wildman–Crippen LogP) is 3.46. The largest absolute Gasteiger partial charge is 0.374 e. The summed E-state index contributed by atoms with van der Waals surface area (Å²) in [4.78, 5) is 0. The van der Waals surface area contributed by atoms with Gasteiger partial charge in [-0.05, 0) is 36.5 Å². The first kappa shape index (κ1) is 14.7. The van der Waals surface area contributed by atoms with Gasteiger partial charge in [0.05, 0.1) is 6.61 Å². The smallest absolute Gasteiger partial charge is 0.261 e. The fraction of sp³-hybridized carbons (Fsp3) is 0.571. The Morgan fingerprint density at radius 2 is 2.16 bits per heavy atom. The van der Waals surface area contributed by atoms with Gasteiger partial charge in [-0.1, -0.05) is 23.7 Å². The van der Waals surface area contributed by atoms with E-state index in [4.69, 9.17) is 16.3 Å². The van der Waals surface area contributed by atoms with Crippen LogP contribution >= 0.6 is 11.6 Å². The summed E-state index contributed by atoms with van der Waals surface area (Å²) in [6.07, 6.45) is -0.249. The molecule has 1 fully saturated rings. The molecule has 5 heteroatoms. The van der Waals surface area contributed by atoms with Crippen LogP contribution in [-0.2, 0) is 4.74 Å². The van der Waals surface area contributed by atoms with E-state index in [1.165, 1.54) is 5.56 Å². The standard InChI is InChI=1S/C14H18ClF2NO/c15-12-3-1-2-10(6-12)11-7-13(8-11)18-4-5-19-9-14(16)17/h1-3,6,11,13-14,18H,4-5,7-9H2. The summed E-state index contributed by atoms with van der Waals surface area (Å²) in [5, 5.41) is 4.08. The molecule has 1 N–H and O–H groups in total. The quantitative estimate of drug-likeness (QED) is 0.776. The number of halogens is 3. The monoisotopic (exact) mass is 289 g/mol. The van der Waals surface area contributed by atoms with Crippen molar-refractivity contribution >= 4 is 11.6 Å². The zero-order valence-corrected chi connectivity index (χ0v) is 11.4. The Kier molecular flexibility index (Phi) is 5.55. The average molecular weight is 290 g/mol. The summed E-state index contributed by atoms with van der Waals surface area (Å²) >= 11 is 5.96. The van der Waals surface area contributed by atoms with E-state index in [9.17, 15) is 8.78 Å². The van der Waals surface area contributed by atoms with Crippen LogP contribution in [0.1, 0.15) is 24.3 Å². The van der Waals surface area contributed by atoms with Gasteiger partial charge in [0.15, 0.2) is 0 Å². The van der Waals surface area contributed by atoms with Crippen LogP contribution in [0.25, 0.3) is 0 Å². The lowest BCUT2D eigenvalue weighted by Gasteiger charge is -2.36. The molecule has 1 aliphatic rings. The molecule has 19 heavy (non-hydrogen) atoms. The van der Waals surface area contributed by atoms with Crippen molar-refractivity contribution in [3.05, 3.63) is 34.9 Å². The van der Waals surface area contributed by atoms with Gasteiger partial charge in [-0.2, -0.15) is 0 Å². The van der Waals surface area contributed by atoms with Crippen LogP contribution in [0, 0.1) is 0 Å². The van der Waals surface area contributed by atoms with Crippen molar-refractivity contribution in [1.29, 1.82) is 0 Å². The summed E-state index contributed by atoms with van der Waals surface area (Å²) in [5.74, 6) is 0.554. The van der Waals surface area contributed by atoms with Crippen LogP contribution in [-0.4, -0.2) is 32.2 Å². The lowest BCUT2D eigenvalue weighted by Crippen LogP contribution is -2.41. The fourth-order valence-corrected chi connectivity index (χ4v) is 2.52. The SMILES string of the molecule is FC(F)COCCNC1CC(c2cccc(Cl)c2)C1. The third kappa shape index (κ3) is 4.71. The zero-order valence-electron chi connectivity index (χ0n) is 10.6. The van der Waals surface area contributed by atoms with Gasteiger partial charge in [-0.15, -0.1) is 0 Å². The van der Waals surface area contributed by atoms with Gasteiger partial charge < -0.3 is 10.1 Å². The molecule has 106 valence electrons. The summed E-state index contributed by atoms with van der Waals surface area (Å²) in [7, 11) is 0. The normalized spacial score (nSPS) is 22.5. The van der Waals surface area contributed by atoms with E-state index in [0.717, 1.165) is 17.9 Å². The molecule has 0 saturated heterocycles. The van der Waals surface area contributed by atoms with Gasteiger partial charge in [0.2, 0.25) is 0 Å². The summed E-state index contributed by atoms with van der Waals surface area (Å²) in [6.45, 7) is 0.486. The van der Waals surface area contributed by atoms with Crippen LogP contribution in [0.15, 0.2) is 24.3 Å². The molecular weight excluding hydrogens is 272 g/mol.